The topological polar surface area (TPSA) is 72.4 Å². The van der Waals surface area contributed by atoms with E-state index >= 15 is 0 Å². The molecule has 1 aliphatic rings. The van der Waals surface area contributed by atoms with Crippen molar-refractivity contribution in [3.05, 3.63) is 51.4 Å². The average Bonchev–Trinajstić information content (AvgIpc) is 3.15. The summed E-state index contributed by atoms with van der Waals surface area (Å²) in [5.41, 5.74) is 6.94. The first-order valence-corrected chi connectivity index (χ1v) is 8.57. The van der Waals surface area contributed by atoms with E-state index in [-0.39, 0.29) is 28.4 Å². The smallest absolute Gasteiger partial charge is 0.278 e. The third-order valence-electron chi connectivity index (χ3n) is 4.54. The molecule has 7 heteroatoms. The van der Waals surface area contributed by atoms with Crippen LogP contribution in [0.2, 0.25) is 0 Å². The second-order valence-electron chi connectivity index (χ2n) is 6.52. The van der Waals surface area contributed by atoms with E-state index in [0.29, 0.717) is 5.56 Å². The Labute approximate surface area is 152 Å². The molecule has 0 radical (unpaired) electrons. The zero-order valence-corrected chi connectivity index (χ0v) is 15.2. The molecule has 1 unspecified atom stereocenters. The molecule has 0 amide bonds. The highest BCUT2D eigenvalue weighted by Gasteiger charge is 2.32. The zero-order valence-electron chi connectivity index (χ0n) is 13.6. The van der Waals surface area contributed by atoms with Gasteiger partial charge >= 0.3 is 0 Å². The molecule has 1 saturated heterocycles. The predicted octanol–water partition coefficient (Wildman–Crippen LogP) is 3.92. The number of para-hydroxylation sites is 1. The lowest BCUT2D eigenvalue weighted by atomic mass is 9.90. The number of hydrogen-bond acceptors (Lipinski definition) is 5. The summed E-state index contributed by atoms with van der Waals surface area (Å²) >= 11 is 1.63. The number of nitrogens with zero attached hydrogens (tertiary/aromatic N) is 2. The van der Waals surface area contributed by atoms with E-state index in [9.17, 15) is 10.1 Å². The van der Waals surface area contributed by atoms with Gasteiger partial charge in [-0.05, 0) is 43.1 Å². The minimum atomic E-state index is -0.318. The first-order valence-electron chi connectivity index (χ1n) is 7.76. The third-order valence-corrected chi connectivity index (χ3v) is 5.64. The van der Waals surface area contributed by atoms with Crippen molar-refractivity contribution < 1.29 is 4.92 Å². The Morgan fingerprint density at radius 3 is 2.75 bits per heavy atom. The number of nitro benzene ring substituents is 1. The Kier molecular flexibility index (Phi) is 5.98. The number of halogens is 1. The van der Waals surface area contributed by atoms with E-state index in [1.807, 2.05) is 18.2 Å². The van der Waals surface area contributed by atoms with Crippen LogP contribution in [0.3, 0.4) is 0 Å². The van der Waals surface area contributed by atoms with Crippen LogP contribution in [0.15, 0.2) is 36.4 Å². The standard InChI is InChI=1S/C17H21N3O2S.ClH/c1-17(11-18)8-9-19(12-17)10-13-6-7-16(23-13)14-4-2-3-5-15(14)20(21)22;/h2-7H,8-12,18H2,1H3;1H. The summed E-state index contributed by atoms with van der Waals surface area (Å²) in [6.45, 7) is 5.92. The Morgan fingerprint density at radius 2 is 2.08 bits per heavy atom. The Hall–Kier alpha value is -1.47. The van der Waals surface area contributed by atoms with Crippen molar-refractivity contribution >= 4 is 29.4 Å². The molecule has 1 fully saturated rings. The molecule has 1 atom stereocenters. The summed E-state index contributed by atoms with van der Waals surface area (Å²) in [4.78, 5) is 15.5. The van der Waals surface area contributed by atoms with Crippen molar-refractivity contribution in [1.29, 1.82) is 0 Å². The molecule has 130 valence electrons. The molecule has 5 nitrogen and oxygen atoms in total. The van der Waals surface area contributed by atoms with Gasteiger partial charge in [0.05, 0.1) is 10.5 Å². The van der Waals surface area contributed by atoms with Crippen molar-refractivity contribution in [2.45, 2.75) is 19.9 Å². The maximum Gasteiger partial charge on any atom is 0.278 e. The van der Waals surface area contributed by atoms with Crippen LogP contribution in [0.1, 0.15) is 18.2 Å². The van der Waals surface area contributed by atoms with Crippen LogP contribution < -0.4 is 5.73 Å². The predicted molar refractivity (Wildman–Crippen MR) is 101 cm³/mol. The van der Waals surface area contributed by atoms with Crippen LogP contribution in [0.25, 0.3) is 10.4 Å². The fourth-order valence-corrected chi connectivity index (χ4v) is 4.18. The Bertz CT molecular complexity index is 721. The van der Waals surface area contributed by atoms with Crippen LogP contribution in [0.5, 0.6) is 0 Å². The lowest BCUT2D eigenvalue weighted by Gasteiger charge is -2.22. The summed E-state index contributed by atoms with van der Waals surface area (Å²) in [6, 6.07) is 11.0. The number of rotatable bonds is 5. The monoisotopic (exact) mass is 367 g/mol. The van der Waals surface area contributed by atoms with E-state index in [4.69, 9.17) is 5.73 Å². The van der Waals surface area contributed by atoms with Gasteiger partial charge in [0.25, 0.3) is 5.69 Å². The van der Waals surface area contributed by atoms with Crippen LogP contribution in [-0.4, -0.2) is 29.5 Å². The number of thiophene rings is 1. The van der Waals surface area contributed by atoms with Crippen molar-refractivity contribution in [3.63, 3.8) is 0 Å². The SMILES string of the molecule is CC1(CN)CCN(Cc2ccc(-c3ccccc3[N+](=O)[O-])s2)C1.Cl. The fourth-order valence-electron chi connectivity index (χ4n) is 3.10. The first-order chi connectivity index (χ1) is 11.0. The molecule has 2 N–H and O–H groups in total. The van der Waals surface area contributed by atoms with Crippen LogP contribution in [-0.2, 0) is 6.54 Å². The van der Waals surface area contributed by atoms with E-state index in [1.54, 1.807) is 23.5 Å². The second-order valence-corrected chi connectivity index (χ2v) is 7.68. The largest absolute Gasteiger partial charge is 0.330 e. The third kappa shape index (κ3) is 3.95. The zero-order chi connectivity index (χ0) is 16.4. The molecule has 1 aromatic carbocycles. The van der Waals surface area contributed by atoms with Gasteiger partial charge in [-0.2, -0.15) is 0 Å². The number of nitro groups is 1. The minimum Gasteiger partial charge on any atom is -0.330 e. The van der Waals surface area contributed by atoms with Gasteiger partial charge in [0.15, 0.2) is 0 Å². The van der Waals surface area contributed by atoms with Gasteiger partial charge in [0.2, 0.25) is 0 Å². The lowest BCUT2D eigenvalue weighted by molar-refractivity contribution is -0.384. The Balaban J connectivity index is 0.00000208. The van der Waals surface area contributed by atoms with Crippen LogP contribution in [0.4, 0.5) is 5.69 Å². The Morgan fingerprint density at radius 1 is 1.33 bits per heavy atom. The van der Waals surface area contributed by atoms with Gasteiger partial charge < -0.3 is 5.73 Å². The average molecular weight is 368 g/mol. The lowest BCUT2D eigenvalue weighted by Crippen LogP contribution is -2.30. The van der Waals surface area contributed by atoms with E-state index in [0.717, 1.165) is 37.5 Å². The highest BCUT2D eigenvalue weighted by atomic mass is 35.5. The number of benzene rings is 1. The van der Waals surface area contributed by atoms with Gasteiger partial charge in [-0.3, -0.25) is 15.0 Å². The molecule has 0 aliphatic carbocycles. The quantitative estimate of drug-likeness (QED) is 0.642. The highest BCUT2D eigenvalue weighted by molar-refractivity contribution is 7.15. The van der Waals surface area contributed by atoms with Gasteiger partial charge in [0.1, 0.15) is 0 Å². The van der Waals surface area contributed by atoms with E-state index in [2.05, 4.69) is 17.9 Å². The summed E-state index contributed by atoms with van der Waals surface area (Å²) in [6.07, 6.45) is 1.13. The fraction of sp³-hybridized carbons (Fsp3) is 0.412. The van der Waals surface area contributed by atoms with Crippen molar-refractivity contribution in [1.82, 2.24) is 4.90 Å². The number of nitrogens with two attached hydrogens (primary N) is 1. The molecular weight excluding hydrogens is 346 g/mol. The molecule has 2 aromatic rings. The number of likely N-dealkylation sites (tertiary alicyclic amines) is 1. The summed E-state index contributed by atoms with van der Waals surface area (Å²) < 4.78 is 0. The molecule has 3 rings (SSSR count). The number of hydrogen-bond donors (Lipinski definition) is 1. The van der Waals surface area contributed by atoms with Crippen molar-refractivity contribution in [2.24, 2.45) is 11.1 Å². The molecular formula is C17H22ClN3O2S. The van der Waals surface area contributed by atoms with Crippen molar-refractivity contribution in [3.8, 4) is 10.4 Å². The molecule has 1 aromatic heterocycles. The molecule has 0 saturated carbocycles. The van der Waals surface area contributed by atoms with Crippen LogP contribution in [0, 0.1) is 15.5 Å². The van der Waals surface area contributed by atoms with Gasteiger partial charge in [-0.1, -0.05) is 19.1 Å². The minimum absolute atomic E-state index is 0. The maximum absolute atomic E-state index is 11.2. The molecule has 2 heterocycles. The highest BCUT2D eigenvalue weighted by Crippen LogP contribution is 2.36. The molecule has 24 heavy (non-hydrogen) atoms. The summed E-state index contributed by atoms with van der Waals surface area (Å²) in [5, 5.41) is 11.2. The maximum atomic E-state index is 11.2. The van der Waals surface area contributed by atoms with Gasteiger partial charge in [-0.15, -0.1) is 23.7 Å². The molecule has 0 spiro atoms. The van der Waals surface area contributed by atoms with Gasteiger partial charge in [-0.25, -0.2) is 0 Å². The van der Waals surface area contributed by atoms with Crippen LogP contribution >= 0.6 is 23.7 Å². The van der Waals surface area contributed by atoms with Gasteiger partial charge in [0, 0.05) is 28.9 Å². The van der Waals surface area contributed by atoms with E-state index in [1.165, 1.54) is 4.88 Å². The second kappa shape index (κ2) is 7.61. The molecule has 0 bridgehead atoms. The normalized spacial score (nSPS) is 20.8. The van der Waals surface area contributed by atoms with E-state index < -0.39 is 0 Å². The summed E-state index contributed by atoms with van der Waals surface area (Å²) in [5.74, 6) is 0. The first kappa shape index (κ1) is 18.9. The van der Waals surface area contributed by atoms with Crippen molar-refractivity contribution in [2.75, 3.05) is 19.6 Å². The summed E-state index contributed by atoms with van der Waals surface area (Å²) in [7, 11) is 0. The molecule has 1 aliphatic heterocycles.